The fraction of sp³-hybridized carbons (Fsp3) is 0.500. The topological polar surface area (TPSA) is 27.6 Å². The summed E-state index contributed by atoms with van der Waals surface area (Å²) in [7, 11) is 0. The molecule has 2 rings (SSSR count). The fourth-order valence-corrected chi connectivity index (χ4v) is 2.11. The summed E-state index contributed by atoms with van der Waals surface area (Å²) < 4.78 is 12.8. The summed E-state index contributed by atoms with van der Waals surface area (Å²) in [4.78, 5) is 6.89. The molecule has 0 radical (unpaired) electrons. The molecule has 1 aromatic rings. The van der Waals surface area contributed by atoms with Crippen molar-refractivity contribution < 1.29 is 4.39 Å². The highest BCUT2D eigenvalue weighted by molar-refractivity contribution is 14.0. The molecule has 1 N–H and O–H groups in total. The SMILES string of the molecule is CCNC(=NCc1ccc(F)cc1)N1CCCC1.I. The van der Waals surface area contributed by atoms with Gasteiger partial charge in [-0.2, -0.15) is 0 Å². The Balaban J connectivity index is 0.00000180. The number of hydrogen-bond acceptors (Lipinski definition) is 1. The molecule has 1 heterocycles. The largest absolute Gasteiger partial charge is 0.357 e. The number of hydrogen-bond donors (Lipinski definition) is 1. The fourth-order valence-electron chi connectivity index (χ4n) is 2.11. The van der Waals surface area contributed by atoms with Crippen LogP contribution >= 0.6 is 24.0 Å². The molecule has 1 aliphatic heterocycles. The molecule has 0 spiro atoms. The molecule has 1 aromatic carbocycles. The maximum absolute atomic E-state index is 12.8. The number of nitrogens with zero attached hydrogens (tertiary/aromatic N) is 2. The van der Waals surface area contributed by atoms with E-state index in [-0.39, 0.29) is 29.8 Å². The van der Waals surface area contributed by atoms with Gasteiger partial charge in [-0.15, -0.1) is 24.0 Å². The van der Waals surface area contributed by atoms with E-state index in [9.17, 15) is 4.39 Å². The van der Waals surface area contributed by atoms with Crippen LogP contribution in [0.4, 0.5) is 4.39 Å². The van der Waals surface area contributed by atoms with E-state index >= 15 is 0 Å². The molecule has 0 saturated carbocycles. The van der Waals surface area contributed by atoms with Crippen LogP contribution in [0.15, 0.2) is 29.3 Å². The van der Waals surface area contributed by atoms with E-state index < -0.39 is 0 Å². The van der Waals surface area contributed by atoms with Crippen LogP contribution in [0.25, 0.3) is 0 Å². The van der Waals surface area contributed by atoms with Crippen molar-refractivity contribution in [2.24, 2.45) is 4.99 Å². The Labute approximate surface area is 131 Å². The molecule has 0 bridgehead atoms. The Morgan fingerprint density at radius 1 is 1.26 bits per heavy atom. The number of guanidine groups is 1. The average molecular weight is 377 g/mol. The van der Waals surface area contributed by atoms with Gasteiger partial charge in [-0.05, 0) is 37.5 Å². The third-order valence-corrected chi connectivity index (χ3v) is 3.07. The standard InChI is InChI=1S/C14H20FN3.HI/c1-2-16-14(18-9-3-4-10-18)17-11-12-5-7-13(15)8-6-12;/h5-8H,2-4,9-11H2,1H3,(H,16,17);1H. The molecule has 0 aromatic heterocycles. The number of benzene rings is 1. The van der Waals surface area contributed by atoms with Gasteiger partial charge in [-0.1, -0.05) is 12.1 Å². The third-order valence-electron chi connectivity index (χ3n) is 3.07. The Morgan fingerprint density at radius 3 is 2.47 bits per heavy atom. The van der Waals surface area contributed by atoms with Crippen LogP contribution in [0.3, 0.4) is 0 Å². The highest BCUT2D eigenvalue weighted by Gasteiger charge is 2.15. The summed E-state index contributed by atoms with van der Waals surface area (Å²) >= 11 is 0. The second-order valence-corrected chi connectivity index (χ2v) is 4.49. The van der Waals surface area contributed by atoms with Gasteiger partial charge in [0.1, 0.15) is 5.82 Å². The van der Waals surface area contributed by atoms with Gasteiger partial charge >= 0.3 is 0 Å². The van der Waals surface area contributed by atoms with Crippen molar-refractivity contribution in [3.8, 4) is 0 Å². The smallest absolute Gasteiger partial charge is 0.194 e. The van der Waals surface area contributed by atoms with E-state index in [0.717, 1.165) is 31.2 Å². The number of likely N-dealkylation sites (tertiary alicyclic amines) is 1. The molecule has 1 fully saturated rings. The van der Waals surface area contributed by atoms with Gasteiger partial charge in [0, 0.05) is 19.6 Å². The number of halogens is 2. The van der Waals surface area contributed by atoms with Crippen LogP contribution in [0.2, 0.25) is 0 Å². The van der Waals surface area contributed by atoms with E-state index in [1.54, 1.807) is 12.1 Å². The van der Waals surface area contributed by atoms with Crippen molar-refractivity contribution in [2.75, 3.05) is 19.6 Å². The lowest BCUT2D eigenvalue weighted by Crippen LogP contribution is -2.39. The molecular formula is C14H21FIN3. The first-order valence-electron chi connectivity index (χ1n) is 6.57. The molecule has 0 aliphatic carbocycles. The van der Waals surface area contributed by atoms with Gasteiger partial charge in [-0.3, -0.25) is 0 Å². The number of aliphatic imine (C=N–C) groups is 1. The Hall–Kier alpha value is -0.850. The number of rotatable bonds is 3. The quantitative estimate of drug-likeness (QED) is 0.498. The van der Waals surface area contributed by atoms with Gasteiger partial charge in [-0.25, -0.2) is 9.38 Å². The highest BCUT2D eigenvalue weighted by Crippen LogP contribution is 2.09. The van der Waals surface area contributed by atoms with Crippen molar-refractivity contribution in [1.82, 2.24) is 10.2 Å². The molecule has 106 valence electrons. The summed E-state index contributed by atoms with van der Waals surface area (Å²) in [5.41, 5.74) is 1.03. The highest BCUT2D eigenvalue weighted by atomic mass is 127. The molecule has 1 aliphatic rings. The lowest BCUT2D eigenvalue weighted by atomic mass is 10.2. The first-order chi connectivity index (χ1) is 8.79. The molecule has 0 amide bonds. The van der Waals surface area contributed by atoms with Gasteiger partial charge < -0.3 is 10.2 Å². The van der Waals surface area contributed by atoms with E-state index in [2.05, 4.69) is 22.1 Å². The molecule has 1 saturated heterocycles. The third kappa shape index (κ3) is 4.97. The lowest BCUT2D eigenvalue weighted by molar-refractivity contribution is 0.493. The van der Waals surface area contributed by atoms with E-state index in [1.165, 1.54) is 25.0 Å². The summed E-state index contributed by atoms with van der Waals surface area (Å²) in [5.74, 6) is 0.772. The van der Waals surface area contributed by atoms with E-state index in [1.807, 2.05) is 0 Å². The second-order valence-electron chi connectivity index (χ2n) is 4.49. The predicted octanol–water partition coefficient (Wildman–Crippen LogP) is 3.01. The normalized spacial score (nSPS) is 15.3. The molecule has 5 heteroatoms. The molecule has 0 atom stereocenters. The molecule has 19 heavy (non-hydrogen) atoms. The van der Waals surface area contributed by atoms with Crippen molar-refractivity contribution in [3.05, 3.63) is 35.6 Å². The van der Waals surface area contributed by atoms with Crippen LogP contribution < -0.4 is 5.32 Å². The first-order valence-corrected chi connectivity index (χ1v) is 6.57. The second kappa shape index (κ2) is 8.35. The summed E-state index contributed by atoms with van der Waals surface area (Å²) in [6.45, 7) is 5.70. The summed E-state index contributed by atoms with van der Waals surface area (Å²) in [6, 6.07) is 6.53. The summed E-state index contributed by atoms with van der Waals surface area (Å²) in [6.07, 6.45) is 2.47. The van der Waals surface area contributed by atoms with Crippen LogP contribution in [0.5, 0.6) is 0 Å². The average Bonchev–Trinajstić information content (AvgIpc) is 2.90. The predicted molar refractivity (Wildman–Crippen MR) is 87.4 cm³/mol. The minimum absolute atomic E-state index is 0. The molecule has 0 unspecified atom stereocenters. The van der Waals surface area contributed by atoms with Crippen LogP contribution in [-0.2, 0) is 6.54 Å². The van der Waals surface area contributed by atoms with Gasteiger partial charge in [0.2, 0.25) is 0 Å². The monoisotopic (exact) mass is 377 g/mol. The maximum atomic E-state index is 12.8. The zero-order chi connectivity index (χ0) is 12.8. The van der Waals surface area contributed by atoms with Crippen molar-refractivity contribution in [2.45, 2.75) is 26.3 Å². The summed E-state index contributed by atoms with van der Waals surface area (Å²) in [5, 5.41) is 3.31. The minimum atomic E-state index is -0.200. The van der Waals surface area contributed by atoms with E-state index in [0.29, 0.717) is 6.54 Å². The van der Waals surface area contributed by atoms with Gasteiger partial charge in [0.05, 0.1) is 6.54 Å². The Bertz CT molecular complexity index is 400. The Kier molecular flexibility index (Phi) is 7.12. The van der Waals surface area contributed by atoms with Crippen molar-refractivity contribution in [1.29, 1.82) is 0 Å². The molecular weight excluding hydrogens is 356 g/mol. The Morgan fingerprint density at radius 2 is 1.89 bits per heavy atom. The van der Waals surface area contributed by atoms with Crippen molar-refractivity contribution in [3.63, 3.8) is 0 Å². The van der Waals surface area contributed by atoms with E-state index in [4.69, 9.17) is 0 Å². The zero-order valence-electron chi connectivity index (χ0n) is 11.2. The van der Waals surface area contributed by atoms with Crippen molar-refractivity contribution >= 4 is 29.9 Å². The van der Waals surface area contributed by atoms with Crippen LogP contribution in [-0.4, -0.2) is 30.5 Å². The first kappa shape index (κ1) is 16.2. The van der Waals surface area contributed by atoms with Gasteiger partial charge in [0.15, 0.2) is 5.96 Å². The zero-order valence-corrected chi connectivity index (χ0v) is 13.6. The minimum Gasteiger partial charge on any atom is -0.357 e. The molecule has 3 nitrogen and oxygen atoms in total. The number of nitrogens with one attached hydrogen (secondary N) is 1. The lowest BCUT2D eigenvalue weighted by Gasteiger charge is -2.20. The maximum Gasteiger partial charge on any atom is 0.194 e. The van der Waals surface area contributed by atoms with Crippen LogP contribution in [0.1, 0.15) is 25.3 Å². The van der Waals surface area contributed by atoms with Crippen LogP contribution in [0, 0.1) is 5.82 Å². The van der Waals surface area contributed by atoms with Gasteiger partial charge in [0.25, 0.3) is 0 Å².